The summed E-state index contributed by atoms with van der Waals surface area (Å²) in [5.74, 6) is -3.70. The van der Waals surface area contributed by atoms with Crippen LogP contribution in [0.25, 0.3) is 0 Å². The van der Waals surface area contributed by atoms with E-state index in [1.807, 2.05) is 0 Å². The highest BCUT2D eigenvalue weighted by Crippen LogP contribution is 2.14. The van der Waals surface area contributed by atoms with Gasteiger partial charge in [0.15, 0.2) is 0 Å². The number of imide groups is 1. The Labute approximate surface area is 202 Å². The summed E-state index contributed by atoms with van der Waals surface area (Å²) >= 11 is 0. The average molecular weight is 493 g/mol. The van der Waals surface area contributed by atoms with Gasteiger partial charge in [-0.15, -0.1) is 5.06 Å². The van der Waals surface area contributed by atoms with Crippen molar-refractivity contribution in [1.82, 2.24) is 10.4 Å². The van der Waals surface area contributed by atoms with Gasteiger partial charge in [0.1, 0.15) is 6.04 Å². The van der Waals surface area contributed by atoms with Crippen LogP contribution < -0.4 is 5.32 Å². The molecule has 34 heavy (non-hydrogen) atoms. The van der Waals surface area contributed by atoms with Crippen molar-refractivity contribution in [1.29, 1.82) is 0 Å². The van der Waals surface area contributed by atoms with E-state index in [-0.39, 0.29) is 38.0 Å². The molecule has 9 heteroatoms. The number of aliphatic carboxylic acids is 1. The van der Waals surface area contributed by atoms with Gasteiger partial charge >= 0.3 is 11.9 Å². The summed E-state index contributed by atoms with van der Waals surface area (Å²) in [6.45, 7) is 2.23. The molecular formula is C25H42N2O7. The maximum Gasteiger partial charge on any atom is 0.333 e. The Balaban J connectivity index is 2.08. The number of hydrogen-bond donors (Lipinski definition) is 2. The van der Waals surface area contributed by atoms with Crippen molar-refractivity contribution in [3.8, 4) is 0 Å². The van der Waals surface area contributed by atoms with Crippen molar-refractivity contribution in [2.24, 2.45) is 0 Å². The summed E-state index contributed by atoms with van der Waals surface area (Å²) in [6, 6.07) is -1.23. The quantitative estimate of drug-likeness (QED) is 0.190. The Bertz CT molecular complexity index is 650. The van der Waals surface area contributed by atoms with E-state index in [1.54, 1.807) is 0 Å². The zero-order valence-electron chi connectivity index (χ0n) is 20.6. The van der Waals surface area contributed by atoms with Crippen molar-refractivity contribution in [3.63, 3.8) is 0 Å². The lowest BCUT2D eigenvalue weighted by molar-refractivity contribution is -0.197. The highest BCUT2D eigenvalue weighted by atomic mass is 16.9. The standard InChI is InChI=1S/C25H42N2O7/c1-2-3-4-5-6-7-8-9-10-11-12-13-14-15-21(28)26-20(25(32)33)16-19-24(31)34-27-22(29)17-18-23(27)30/h20H,2-19H2,1H3,(H,26,28)(H,32,33)/i16+2,19+2,20+2,24+2,25+2. The summed E-state index contributed by atoms with van der Waals surface area (Å²) in [7, 11) is 0. The molecule has 2 N–H and O–H groups in total. The summed E-state index contributed by atoms with van der Waals surface area (Å²) < 4.78 is 0. The molecule has 1 aliphatic heterocycles. The third-order valence-electron chi connectivity index (χ3n) is 5.98. The molecule has 0 spiro atoms. The number of carboxylic acids is 1. The fourth-order valence-electron chi connectivity index (χ4n) is 3.89. The number of hydroxylamine groups is 2. The van der Waals surface area contributed by atoms with E-state index >= 15 is 0 Å². The van der Waals surface area contributed by atoms with E-state index in [1.165, 1.54) is 57.8 Å². The van der Waals surface area contributed by atoms with E-state index in [2.05, 4.69) is 12.2 Å². The van der Waals surface area contributed by atoms with Crippen LogP contribution in [0.15, 0.2) is 0 Å². The normalized spacial score (nSPS) is 14.3. The summed E-state index contributed by atoms with van der Waals surface area (Å²) in [5, 5.41) is 12.2. The van der Waals surface area contributed by atoms with Gasteiger partial charge in [0.05, 0.1) is 6.42 Å². The molecule has 0 aliphatic carbocycles. The van der Waals surface area contributed by atoms with Gasteiger partial charge in [-0.1, -0.05) is 84.0 Å². The molecule has 1 heterocycles. The van der Waals surface area contributed by atoms with Gasteiger partial charge in [0.25, 0.3) is 11.8 Å². The first-order chi connectivity index (χ1) is 16.3. The molecule has 1 fully saturated rings. The van der Waals surface area contributed by atoms with E-state index < -0.39 is 29.8 Å². The maximum atomic E-state index is 12.1. The number of hydrogen-bond acceptors (Lipinski definition) is 6. The number of carbonyl (C=O) groups is 5. The van der Waals surface area contributed by atoms with Crippen LogP contribution in [-0.2, 0) is 28.8 Å². The zero-order chi connectivity index (χ0) is 25.2. The maximum absolute atomic E-state index is 12.1. The molecule has 0 bridgehead atoms. The second-order valence-corrected chi connectivity index (χ2v) is 9.03. The predicted octanol–water partition coefficient (Wildman–Crippen LogP) is 4.42. The van der Waals surface area contributed by atoms with Crippen LogP contribution in [0.3, 0.4) is 0 Å². The minimum Gasteiger partial charge on any atom is -0.480 e. The first-order valence-electron chi connectivity index (χ1n) is 12.9. The highest BCUT2D eigenvalue weighted by molar-refractivity contribution is 6.01. The van der Waals surface area contributed by atoms with Gasteiger partial charge in [-0.05, 0) is 12.8 Å². The first-order valence-corrected chi connectivity index (χ1v) is 12.9. The lowest BCUT2D eigenvalue weighted by Crippen LogP contribution is -2.41. The van der Waals surface area contributed by atoms with E-state index in [0.717, 1.165) is 19.3 Å². The molecule has 3 amide bonds. The monoisotopic (exact) mass is 492 g/mol. The number of amides is 3. The Morgan fingerprint density at radius 2 is 1.41 bits per heavy atom. The molecule has 0 saturated carbocycles. The zero-order valence-corrected chi connectivity index (χ0v) is 20.6. The number of unbranched alkanes of at least 4 members (excludes halogenated alkanes) is 12. The summed E-state index contributed by atoms with van der Waals surface area (Å²) in [6.07, 6.45) is 15.3. The lowest BCUT2D eigenvalue weighted by Gasteiger charge is -2.16. The van der Waals surface area contributed by atoms with E-state index in [9.17, 15) is 29.1 Å². The van der Waals surface area contributed by atoms with Crippen molar-refractivity contribution < 1.29 is 33.9 Å². The smallest absolute Gasteiger partial charge is 0.333 e. The third kappa shape index (κ3) is 13.3. The average Bonchev–Trinajstić information content (AvgIpc) is 3.11. The topological polar surface area (TPSA) is 130 Å². The molecule has 0 aromatic rings. The molecule has 1 rings (SSSR count). The number of carbonyl (C=O) groups excluding carboxylic acids is 4. The molecular weight excluding hydrogens is 450 g/mol. The van der Waals surface area contributed by atoms with Crippen molar-refractivity contribution in [2.75, 3.05) is 0 Å². The molecule has 0 aromatic heterocycles. The molecule has 0 aromatic carbocycles. The van der Waals surface area contributed by atoms with Crippen LogP contribution in [0.1, 0.15) is 122 Å². The number of carboxylic acid groups (broad SMARTS) is 1. The summed E-state index contributed by atoms with van der Waals surface area (Å²) in [4.78, 5) is 62.9. The van der Waals surface area contributed by atoms with Gasteiger partial charge in [0.2, 0.25) is 5.91 Å². The van der Waals surface area contributed by atoms with E-state index in [0.29, 0.717) is 11.5 Å². The minimum atomic E-state index is -1.25. The Morgan fingerprint density at radius 3 is 1.88 bits per heavy atom. The predicted molar refractivity (Wildman–Crippen MR) is 126 cm³/mol. The van der Waals surface area contributed by atoms with Gasteiger partial charge in [-0.3, -0.25) is 14.4 Å². The fourth-order valence-corrected chi connectivity index (χ4v) is 3.89. The number of rotatable bonds is 20. The Morgan fingerprint density at radius 1 is 0.941 bits per heavy atom. The summed E-state index contributed by atoms with van der Waals surface area (Å²) in [5.41, 5.74) is 0. The second kappa shape index (κ2) is 18.0. The van der Waals surface area contributed by atoms with Crippen molar-refractivity contribution in [2.45, 2.75) is 129 Å². The van der Waals surface area contributed by atoms with Gasteiger partial charge in [-0.2, -0.15) is 0 Å². The van der Waals surface area contributed by atoms with Crippen molar-refractivity contribution in [3.05, 3.63) is 0 Å². The largest absolute Gasteiger partial charge is 0.480 e. The SMILES string of the molecule is CCCCCCCCCCCCCCCC(=O)N[14CH]([14CH2][14CH2][14C](=O)ON1C(=O)CCC1=O)[14C](=O)O. The van der Waals surface area contributed by atoms with Crippen LogP contribution in [-0.4, -0.2) is 45.9 Å². The molecule has 194 valence electrons. The second-order valence-electron chi connectivity index (χ2n) is 9.03. The highest BCUT2D eigenvalue weighted by Gasteiger charge is 2.33. The molecule has 0 radical (unpaired) electrons. The molecule has 1 saturated heterocycles. The molecule has 1 atom stereocenters. The molecule has 1 unspecified atom stereocenters. The van der Waals surface area contributed by atoms with Crippen LogP contribution in [0, 0.1) is 0 Å². The van der Waals surface area contributed by atoms with Gasteiger partial charge in [-0.25, -0.2) is 9.59 Å². The number of nitrogens with one attached hydrogen (secondary N) is 1. The van der Waals surface area contributed by atoms with E-state index in [4.69, 9.17) is 4.84 Å². The van der Waals surface area contributed by atoms with Gasteiger partial charge in [0, 0.05) is 19.3 Å². The van der Waals surface area contributed by atoms with Gasteiger partial charge < -0.3 is 15.3 Å². The molecule has 1 aliphatic rings. The third-order valence-corrected chi connectivity index (χ3v) is 5.98. The lowest BCUT2D eigenvalue weighted by atomic mass is 10.0. The first kappa shape index (κ1) is 29.6. The van der Waals surface area contributed by atoms with Crippen LogP contribution in [0.2, 0.25) is 0 Å². The van der Waals surface area contributed by atoms with Crippen LogP contribution in [0.5, 0.6) is 0 Å². The fraction of sp³-hybridized carbons (Fsp3) is 0.800. The molecule has 9 nitrogen and oxygen atoms in total. The minimum absolute atomic E-state index is 0.0148. The van der Waals surface area contributed by atoms with Crippen LogP contribution in [0.4, 0.5) is 0 Å². The Hall–Kier alpha value is -2.45. The van der Waals surface area contributed by atoms with Crippen LogP contribution >= 0.6 is 0 Å². The van der Waals surface area contributed by atoms with Crippen molar-refractivity contribution >= 4 is 29.7 Å². The number of nitrogens with zero attached hydrogens (tertiary/aromatic N) is 1. The Kier molecular flexibility index (Phi) is 15.6.